The van der Waals surface area contributed by atoms with Gasteiger partial charge in [0.25, 0.3) is 0 Å². The maximum Gasteiger partial charge on any atom is 0.187 e. The first-order valence-corrected chi connectivity index (χ1v) is 9.05. The van der Waals surface area contributed by atoms with Gasteiger partial charge in [0.1, 0.15) is 13.2 Å². The number of hydrogen-bond acceptors (Lipinski definition) is 4. The molecule has 6 heteroatoms. The van der Waals surface area contributed by atoms with Crippen molar-refractivity contribution in [2.75, 3.05) is 13.2 Å². The van der Waals surface area contributed by atoms with Crippen molar-refractivity contribution in [3.8, 4) is 11.5 Å². The van der Waals surface area contributed by atoms with Gasteiger partial charge in [0.15, 0.2) is 16.6 Å². The molecule has 1 aromatic carbocycles. The van der Waals surface area contributed by atoms with Crippen LogP contribution in [0.15, 0.2) is 23.3 Å². The normalized spacial score (nSPS) is 23.5. The Morgan fingerprint density at radius 2 is 1.92 bits per heavy atom. The fraction of sp³-hybridized carbons (Fsp3) is 0.556. The van der Waals surface area contributed by atoms with Gasteiger partial charge in [-0.3, -0.25) is 5.43 Å². The molecule has 2 aliphatic rings. The number of nitrogens with one attached hydrogen (secondary N) is 2. The van der Waals surface area contributed by atoms with Gasteiger partial charge in [-0.05, 0) is 56.1 Å². The Kier molecular flexibility index (Phi) is 5.56. The summed E-state index contributed by atoms with van der Waals surface area (Å²) in [6.07, 6.45) is 5.03. The summed E-state index contributed by atoms with van der Waals surface area (Å²) in [5, 5.41) is 8.38. The fourth-order valence-electron chi connectivity index (χ4n) is 3.20. The number of fused-ring (bicyclic) bond motifs is 1. The van der Waals surface area contributed by atoms with Crippen molar-refractivity contribution >= 4 is 23.0 Å². The number of hydrazone groups is 1. The molecule has 1 saturated carbocycles. The van der Waals surface area contributed by atoms with Crippen LogP contribution in [0.4, 0.5) is 0 Å². The summed E-state index contributed by atoms with van der Waals surface area (Å²) in [4.78, 5) is 0. The van der Waals surface area contributed by atoms with Crippen LogP contribution in [-0.4, -0.2) is 30.1 Å². The number of thiocarbonyl (C=S) groups is 1. The number of ether oxygens (including phenoxy) is 2. The van der Waals surface area contributed by atoms with Crippen molar-refractivity contribution in [1.29, 1.82) is 0 Å². The van der Waals surface area contributed by atoms with E-state index in [0.29, 0.717) is 30.3 Å². The molecule has 2 N–H and O–H groups in total. The molecule has 0 unspecified atom stereocenters. The number of rotatable bonds is 3. The van der Waals surface area contributed by atoms with Crippen LogP contribution >= 0.6 is 12.2 Å². The van der Waals surface area contributed by atoms with Gasteiger partial charge in [0.2, 0.25) is 0 Å². The molecule has 1 heterocycles. The first kappa shape index (κ1) is 17.0. The summed E-state index contributed by atoms with van der Waals surface area (Å²) < 4.78 is 11.2. The summed E-state index contributed by atoms with van der Waals surface area (Å²) in [6, 6.07) is 6.30. The van der Waals surface area contributed by atoms with E-state index in [-0.39, 0.29) is 0 Å². The van der Waals surface area contributed by atoms with E-state index in [1.165, 1.54) is 25.7 Å². The second kappa shape index (κ2) is 7.83. The van der Waals surface area contributed by atoms with Crippen molar-refractivity contribution in [3.05, 3.63) is 23.8 Å². The van der Waals surface area contributed by atoms with Crippen molar-refractivity contribution in [3.63, 3.8) is 0 Å². The lowest BCUT2D eigenvalue weighted by atomic mass is 9.86. The summed E-state index contributed by atoms with van der Waals surface area (Å²) >= 11 is 5.38. The average molecular weight is 347 g/mol. The molecule has 0 saturated heterocycles. The molecule has 0 amide bonds. The molecule has 0 aromatic heterocycles. The predicted molar refractivity (Wildman–Crippen MR) is 99.9 cm³/mol. The molecule has 0 spiro atoms. The molecule has 2 atom stereocenters. The van der Waals surface area contributed by atoms with Gasteiger partial charge >= 0.3 is 0 Å². The minimum absolute atomic E-state index is 0.448. The molecule has 0 bridgehead atoms. The third kappa shape index (κ3) is 4.17. The monoisotopic (exact) mass is 347 g/mol. The SMILES string of the molecule is C/C(=N/NC(=S)N[C@H]1CCCC[C@H]1C)c1ccc2c(c1)OCCO2. The minimum atomic E-state index is 0.448. The van der Waals surface area contributed by atoms with Crippen molar-refractivity contribution in [2.24, 2.45) is 11.0 Å². The van der Waals surface area contributed by atoms with E-state index in [0.717, 1.165) is 22.8 Å². The van der Waals surface area contributed by atoms with Crippen LogP contribution < -0.4 is 20.2 Å². The van der Waals surface area contributed by atoms with Crippen LogP contribution in [0.2, 0.25) is 0 Å². The lowest BCUT2D eigenvalue weighted by Gasteiger charge is -2.30. The Morgan fingerprint density at radius 3 is 2.71 bits per heavy atom. The molecular weight excluding hydrogens is 322 g/mol. The minimum Gasteiger partial charge on any atom is -0.486 e. The van der Waals surface area contributed by atoms with E-state index >= 15 is 0 Å². The number of nitrogens with zero attached hydrogens (tertiary/aromatic N) is 1. The van der Waals surface area contributed by atoms with Crippen LogP contribution in [0.3, 0.4) is 0 Å². The van der Waals surface area contributed by atoms with Crippen LogP contribution in [0.25, 0.3) is 0 Å². The highest BCUT2D eigenvalue weighted by Gasteiger charge is 2.21. The Morgan fingerprint density at radius 1 is 1.17 bits per heavy atom. The van der Waals surface area contributed by atoms with Gasteiger partial charge in [0.05, 0.1) is 5.71 Å². The average Bonchev–Trinajstić information content (AvgIpc) is 2.61. The van der Waals surface area contributed by atoms with Crippen LogP contribution in [0, 0.1) is 5.92 Å². The Hall–Kier alpha value is -1.82. The fourth-order valence-corrected chi connectivity index (χ4v) is 3.40. The van der Waals surface area contributed by atoms with Crippen molar-refractivity contribution < 1.29 is 9.47 Å². The van der Waals surface area contributed by atoms with Crippen LogP contribution in [0.5, 0.6) is 11.5 Å². The van der Waals surface area contributed by atoms with E-state index < -0.39 is 0 Å². The highest BCUT2D eigenvalue weighted by atomic mass is 32.1. The molecule has 1 fully saturated rings. The molecule has 1 aliphatic carbocycles. The topological polar surface area (TPSA) is 54.9 Å². The van der Waals surface area contributed by atoms with E-state index in [1.807, 2.05) is 25.1 Å². The van der Waals surface area contributed by atoms with Gasteiger partial charge in [-0.15, -0.1) is 0 Å². The Bertz CT molecular complexity index is 633. The summed E-state index contributed by atoms with van der Waals surface area (Å²) in [5.74, 6) is 2.21. The zero-order valence-electron chi connectivity index (χ0n) is 14.3. The summed E-state index contributed by atoms with van der Waals surface area (Å²) in [7, 11) is 0. The molecule has 5 nitrogen and oxygen atoms in total. The quantitative estimate of drug-likeness (QED) is 0.499. The molecule has 3 rings (SSSR count). The van der Waals surface area contributed by atoms with Gasteiger partial charge in [-0.1, -0.05) is 19.8 Å². The number of benzene rings is 1. The standard InChI is InChI=1S/C18H25N3O2S/c1-12-5-3-4-6-15(12)19-18(24)21-20-13(2)14-7-8-16-17(11-14)23-10-9-22-16/h7-8,11-12,15H,3-6,9-10H2,1-2H3,(H2,19,21,24)/b20-13-/t12-,15+/m1/s1. The first-order valence-electron chi connectivity index (χ1n) is 8.64. The third-order valence-corrected chi connectivity index (χ3v) is 4.92. The zero-order chi connectivity index (χ0) is 16.9. The first-order chi connectivity index (χ1) is 11.6. The van der Waals surface area contributed by atoms with E-state index in [4.69, 9.17) is 21.7 Å². The Balaban J connectivity index is 1.58. The lowest BCUT2D eigenvalue weighted by molar-refractivity contribution is 0.171. The molecule has 0 radical (unpaired) electrons. The maximum atomic E-state index is 5.61. The van der Waals surface area contributed by atoms with Gasteiger partial charge in [-0.2, -0.15) is 5.10 Å². The van der Waals surface area contributed by atoms with Crippen LogP contribution in [-0.2, 0) is 0 Å². The second-order valence-corrected chi connectivity index (χ2v) is 6.92. The van der Waals surface area contributed by atoms with Crippen molar-refractivity contribution in [2.45, 2.75) is 45.6 Å². The second-order valence-electron chi connectivity index (χ2n) is 6.51. The van der Waals surface area contributed by atoms with Crippen molar-refractivity contribution in [1.82, 2.24) is 10.7 Å². The van der Waals surface area contributed by atoms with E-state index in [2.05, 4.69) is 22.8 Å². The summed E-state index contributed by atoms with van der Waals surface area (Å²) in [6.45, 7) is 5.41. The Labute approximate surface area is 148 Å². The predicted octanol–water partition coefficient (Wildman–Crippen LogP) is 3.22. The van der Waals surface area contributed by atoms with Crippen LogP contribution in [0.1, 0.15) is 45.1 Å². The van der Waals surface area contributed by atoms with Gasteiger partial charge < -0.3 is 14.8 Å². The molecule has 1 aliphatic heterocycles. The van der Waals surface area contributed by atoms with E-state index in [1.54, 1.807) is 0 Å². The van der Waals surface area contributed by atoms with E-state index in [9.17, 15) is 0 Å². The molecular formula is C18H25N3O2S. The summed E-state index contributed by atoms with van der Waals surface area (Å²) in [5.41, 5.74) is 4.81. The smallest absolute Gasteiger partial charge is 0.187 e. The highest BCUT2D eigenvalue weighted by molar-refractivity contribution is 7.80. The lowest BCUT2D eigenvalue weighted by Crippen LogP contribution is -2.44. The van der Waals surface area contributed by atoms with Gasteiger partial charge in [-0.25, -0.2) is 0 Å². The zero-order valence-corrected chi connectivity index (χ0v) is 15.1. The molecule has 1 aromatic rings. The number of hydrogen-bond donors (Lipinski definition) is 2. The molecule has 24 heavy (non-hydrogen) atoms. The van der Waals surface area contributed by atoms with Gasteiger partial charge in [0, 0.05) is 11.6 Å². The molecule has 130 valence electrons. The largest absolute Gasteiger partial charge is 0.486 e. The highest BCUT2D eigenvalue weighted by Crippen LogP contribution is 2.30. The third-order valence-electron chi connectivity index (χ3n) is 4.71. The maximum absolute atomic E-state index is 5.61.